The molecule has 1 heterocycles. The summed E-state index contributed by atoms with van der Waals surface area (Å²) in [5.41, 5.74) is 0.350. The number of nitrogens with zero attached hydrogens (tertiary/aromatic N) is 2. The molecular weight excluding hydrogens is 284 g/mol. The van der Waals surface area contributed by atoms with Crippen molar-refractivity contribution < 1.29 is 29.3 Å². The third-order valence-electron chi connectivity index (χ3n) is 2.40. The van der Waals surface area contributed by atoms with Crippen LogP contribution in [0, 0.1) is 0 Å². The molecule has 0 aliphatic rings. The van der Waals surface area contributed by atoms with Crippen LogP contribution in [-0.4, -0.2) is 57.7 Å². The second-order valence-corrected chi connectivity index (χ2v) is 4.07. The molecule has 2 amide bonds. The van der Waals surface area contributed by atoms with Gasteiger partial charge in [-0.25, -0.2) is 9.59 Å². The fraction of sp³-hybridized carbons (Fsp3) is 0.455. The molecule has 10 heteroatoms. The lowest BCUT2D eigenvalue weighted by Gasteiger charge is -2.12. The largest absolute Gasteiger partial charge is 0.481 e. The van der Waals surface area contributed by atoms with E-state index in [9.17, 15) is 14.4 Å². The number of carboxylic acid groups (broad SMARTS) is 2. The molecule has 0 unspecified atom stereocenters. The molecule has 0 saturated carbocycles. The fourth-order valence-electron chi connectivity index (χ4n) is 1.44. The number of amides is 2. The van der Waals surface area contributed by atoms with Crippen molar-refractivity contribution in [3.8, 4) is 0 Å². The van der Waals surface area contributed by atoms with Crippen molar-refractivity contribution >= 4 is 23.7 Å². The van der Waals surface area contributed by atoms with Crippen LogP contribution in [0.15, 0.2) is 12.4 Å². The highest BCUT2D eigenvalue weighted by Gasteiger charge is 2.23. The van der Waals surface area contributed by atoms with Crippen LogP contribution in [0.2, 0.25) is 0 Å². The molecular formula is C11H16N4O6. The second-order valence-electron chi connectivity index (χ2n) is 4.07. The van der Waals surface area contributed by atoms with Gasteiger partial charge in [-0.15, -0.1) is 0 Å². The van der Waals surface area contributed by atoms with Gasteiger partial charge in [-0.05, 0) is 0 Å². The molecule has 0 aliphatic heterocycles. The van der Waals surface area contributed by atoms with E-state index in [4.69, 9.17) is 14.9 Å². The fourth-order valence-corrected chi connectivity index (χ4v) is 1.44. The first-order valence-electron chi connectivity index (χ1n) is 5.96. The number of hydrogen-bond acceptors (Lipinski definition) is 5. The number of carbonyl (C=O) groups excluding carboxylic acids is 1. The highest BCUT2D eigenvalue weighted by molar-refractivity contribution is 5.93. The van der Waals surface area contributed by atoms with Gasteiger partial charge in [0.25, 0.3) is 0 Å². The average Bonchev–Trinajstić information content (AvgIpc) is 2.82. The van der Waals surface area contributed by atoms with Gasteiger partial charge < -0.3 is 25.6 Å². The van der Waals surface area contributed by atoms with Gasteiger partial charge in [-0.3, -0.25) is 9.48 Å². The summed E-state index contributed by atoms with van der Waals surface area (Å²) in [4.78, 5) is 32.9. The average molecular weight is 300 g/mol. The number of rotatable bonds is 8. The minimum absolute atomic E-state index is 0.350. The summed E-state index contributed by atoms with van der Waals surface area (Å²) >= 11 is 0. The third kappa shape index (κ3) is 5.91. The third-order valence-corrected chi connectivity index (χ3v) is 2.40. The van der Waals surface area contributed by atoms with E-state index in [1.807, 2.05) is 0 Å². The number of carboxylic acids is 2. The van der Waals surface area contributed by atoms with Crippen LogP contribution in [0.3, 0.4) is 0 Å². The summed E-state index contributed by atoms with van der Waals surface area (Å²) in [6.07, 6.45) is 2.20. The first kappa shape index (κ1) is 16.4. The molecule has 1 aromatic rings. The van der Waals surface area contributed by atoms with Crippen molar-refractivity contribution in [3.63, 3.8) is 0 Å². The number of hydrogen-bond donors (Lipinski definition) is 4. The maximum atomic E-state index is 11.6. The van der Waals surface area contributed by atoms with Gasteiger partial charge in [-0.2, -0.15) is 5.10 Å². The highest BCUT2D eigenvalue weighted by atomic mass is 16.5. The Balaban J connectivity index is 2.53. The maximum absolute atomic E-state index is 11.6. The van der Waals surface area contributed by atoms with Crippen LogP contribution in [0.4, 0.5) is 10.5 Å². The van der Waals surface area contributed by atoms with Crippen molar-refractivity contribution in [2.24, 2.45) is 0 Å². The Morgan fingerprint density at radius 2 is 2.14 bits per heavy atom. The minimum Gasteiger partial charge on any atom is -0.481 e. The maximum Gasteiger partial charge on any atom is 0.326 e. The van der Waals surface area contributed by atoms with Crippen LogP contribution in [-0.2, 0) is 20.9 Å². The van der Waals surface area contributed by atoms with E-state index in [1.165, 1.54) is 17.1 Å². The van der Waals surface area contributed by atoms with Gasteiger partial charge >= 0.3 is 18.0 Å². The molecule has 21 heavy (non-hydrogen) atoms. The van der Waals surface area contributed by atoms with E-state index in [0.29, 0.717) is 18.8 Å². The molecule has 0 bridgehead atoms. The number of nitrogens with one attached hydrogen (secondary N) is 2. The van der Waals surface area contributed by atoms with Crippen molar-refractivity contribution in [3.05, 3.63) is 12.4 Å². The first-order chi connectivity index (χ1) is 9.92. The molecule has 10 nitrogen and oxygen atoms in total. The number of methoxy groups -OCH3 is 1. The van der Waals surface area contributed by atoms with Crippen LogP contribution in [0.1, 0.15) is 6.42 Å². The monoisotopic (exact) mass is 300 g/mol. The zero-order chi connectivity index (χ0) is 15.8. The van der Waals surface area contributed by atoms with Gasteiger partial charge in [-0.1, -0.05) is 0 Å². The van der Waals surface area contributed by atoms with Crippen LogP contribution in [0.5, 0.6) is 0 Å². The predicted molar refractivity (Wildman–Crippen MR) is 69.9 cm³/mol. The lowest BCUT2D eigenvalue weighted by molar-refractivity contribution is -0.145. The Labute approximate surface area is 119 Å². The number of urea groups is 1. The topological polar surface area (TPSA) is 143 Å². The number of anilines is 1. The summed E-state index contributed by atoms with van der Waals surface area (Å²) in [6, 6.07) is -2.33. The molecule has 1 aromatic heterocycles. The predicted octanol–water partition coefficient (Wildman–Crippen LogP) is -0.421. The zero-order valence-corrected chi connectivity index (χ0v) is 11.3. The normalized spacial score (nSPS) is 11.7. The van der Waals surface area contributed by atoms with Crippen molar-refractivity contribution in [2.75, 3.05) is 19.0 Å². The van der Waals surface area contributed by atoms with E-state index in [-0.39, 0.29) is 0 Å². The molecule has 0 aromatic carbocycles. The minimum atomic E-state index is -1.51. The summed E-state index contributed by atoms with van der Waals surface area (Å²) in [5, 5.41) is 25.7. The van der Waals surface area contributed by atoms with E-state index in [0.717, 1.165) is 0 Å². The number of aliphatic carboxylic acids is 2. The standard InChI is InChI=1S/C11H16N4O6/c1-21-3-2-15-6-7(5-12-15)13-11(20)14-8(10(18)19)4-9(16)17/h5-6,8H,2-4H2,1H3,(H,16,17)(H,18,19)(H2,13,14,20)/t8-/m1/s1. The van der Waals surface area contributed by atoms with Crippen molar-refractivity contribution in [1.82, 2.24) is 15.1 Å². The Morgan fingerprint density at radius 1 is 1.43 bits per heavy atom. The van der Waals surface area contributed by atoms with E-state index >= 15 is 0 Å². The summed E-state index contributed by atoms with van der Waals surface area (Å²) < 4.78 is 6.40. The molecule has 1 rings (SSSR count). The second kappa shape index (κ2) is 7.85. The summed E-state index contributed by atoms with van der Waals surface area (Å²) in [5.74, 6) is -2.75. The van der Waals surface area contributed by atoms with Gasteiger partial charge in [0.2, 0.25) is 0 Å². The number of carbonyl (C=O) groups is 3. The zero-order valence-electron chi connectivity index (χ0n) is 11.3. The summed E-state index contributed by atoms with van der Waals surface area (Å²) in [7, 11) is 1.55. The van der Waals surface area contributed by atoms with Crippen molar-refractivity contribution in [2.45, 2.75) is 19.0 Å². The Kier molecular flexibility index (Phi) is 6.14. The highest BCUT2D eigenvalue weighted by Crippen LogP contribution is 2.05. The number of ether oxygens (including phenoxy) is 1. The molecule has 0 spiro atoms. The first-order valence-corrected chi connectivity index (χ1v) is 5.96. The van der Waals surface area contributed by atoms with Gasteiger partial charge in [0, 0.05) is 13.3 Å². The van der Waals surface area contributed by atoms with Crippen molar-refractivity contribution in [1.29, 1.82) is 0 Å². The van der Waals surface area contributed by atoms with Gasteiger partial charge in [0.05, 0.1) is 31.5 Å². The molecule has 0 radical (unpaired) electrons. The quantitative estimate of drug-likeness (QED) is 0.510. The lowest BCUT2D eigenvalue weighted by atomic mass is 10.2. The van der Waals surface area contributed by atoms with E-state index < -0.39 is 30.4 Å². The van der Waals surface area contributed by atoms with E-state index in [2.05, 4.69) is 15.7 Å². The number of aromatic nitrogens is 2. The van der Waals surface area contributed by atoms with Gasteiger partial charge in [0.1, 0.15) is 6.04 Å². The van der Waals surface area contributed by atoms with Crippen LogP contribution >= 0.6 is 0 Å². The molecule has 0 saturated heterocycles. The van der Waals surface area contributed by atoms with E-state index in [1.54, 1.807) is 7.11 Å². The Morgan fingerprint density at radius 3 is 2.71 bits per heavy atom. The SMILES string of the molecule is COCCn1cc(NC(=O)N[C@H](CC(=O)O)C(=O)O)cn1. The Bertz CT molecular complexity index is 515. The smallest absolute Gasteiger partial charge is 0.326 e. The molecule has 4 N–H and O–H groups in total. The van der Waals surface area contributed by atoms with Crippen LogP contribution < -0.4 is 10.6 Å². The molecule has 0 fully saturated rings. The molecule has 116 valence electrons. The molecule has 1 atom stereocenters. The lowest BCUT2D eigenvalue weighted by Crippen LogP contribution is -2.44. The molecule has 0 aliphatic carbocycles. The van der Waals surface area contributed by atoms with Gasteiger partial charge in [0.15, 0.2) is 0 Å². The van der Waals surface area contributed by atoms with Crippen LogP contribution in [0.25, 0.3) is 0 Å². The Hall–Kier alpha value is -2.62. The summed E-state index contributed by atoms with van der Waals surface area (Å²) in [6.45, 7) is 0.948.